The van der Waals surface area contributed by atoms with Crippen molar-refractivity contribution < 1.29 is 14.3 Å². The summed E-state index contributed by atoms with van der Waals surface area (Å²) in [5.41, 5.74) is 2.43. The average Bonchev–Trinajstić information content (AvgIpc) is 3.12. The summed E-state index contributed by atoms with van der Waals surface area (Å²) < 4.78 is 5.93. The van der Waals surface area contributed by atoms with Gasteiger partial charge in [0.1, 0.15) is 12.4 Å². The van der Waals surface area contributed by atoms with Gasteiger partial charge in [0.15, 0.2) is 0 Å². The molecule has 0 bridgehead atoms. The highest BCUT2D eigenvalue weighted by Crippen LogP contribution is 2.35. The summed E-state index contributed by atoms with van der Waals surface area (Å²) in [6.45, 7) is 0.482. The molecule has 0 spiro atoms. The van der Waals surface area contributed by atoms with E-state index in [9.17, 15) is 9.59 Å². The van der Waals surface area contributed by atoms with Crippen molar-refractivity contribution in [1.82, 2.24) is 4.90 Å². The van der Waals surface area contributed by atoms with Gasteiger partial charge >= 0.3 is 0 Å². The molecule has 0 atom stereocenters. The Labute approximate surface area is 217 Å². The Morgan fingerprint density at radius 1 is 0.829 bits per heavy atom. The van der Waals surface area contributed by atoms with E-state index in [1.807, 2.05) is 36.4 Å². The Balaban J connectivity index is 1.25. The third kappa shape index (κ3) is 5.22. The van der Waals surface area contributed by atoms with Crippen LogP contribution in [0, 0.1) is 0 Å². The van der Waals surface area contributed by atoms with Crippen LogP contribution in [-0.4, -0.2) is 16.0 Å². The highest BCUT2D eigenvalue weighted by molar-refractivity contribution is 8.18. The highest BCUT2D eigenvalue weighted by Gasteiger charge is 2.35. The zero-order valence-electron chi connectivity index (χ0n) is 18.4. The second-order valence-electron chi connectivity index (χ2n) is 8.01. The molecule has 2 amide bonds. The van der Waals surface area contributed by atoms with Gasteiger partial charge in [0.2, 0.25) is 0 Å². The van der Waals surface area contributed by atoms with E-state index in [2.05, 4.69) is 30.3 Å². The molecule has 0 unspecified atom stereocenters. The number of hydrogen-bond donors (Lipinski definition) is 0. The maximum atomic E-state index is 12.9. The molecule has 4 nitrogen and oxygen atoms in total. The lowest BCUT2D eigenvalue weighted by atomic mass is 10.1. The highest BCUT2D eigenvalue weighted by atomic mass is 35.5. The second kappa shape index (κ2) is 10.2. The summed E-state index contributed by atoms with van der Waals surface area (Å²) in [5, 5.41) is 2.85. The summed E-state index contributed by atoms with van der Waals surface area (Å²) in [5.74, 6) is 0.351. The molecule has 4 aromatic rings. The molecule has 0 aromatic heterocycles. The number of nitrogens with zero attached hydrogens (tertiary/aromatic N) is 1. The van der Waals surface area contributed by atoms with Crippen LogP contribution in [0.2, 0.25) is 10.0 Å². The Morgan fingerprint density at radius 3 is 2.29 bits per heavy atom. The summed E-state index contributed by atoms with van der Waals surface area (Å²) in [4.78, 5) is 26.9. The lowest BCUT2D eigenvalue weighted by Gasteiger charge is -2.14. The Bertz CT molecular complexity index is 1450. The minimum atomic E-state index is -0.368. The van der Waals surface area contributed by atoms with E-state index in [1.165, 1.54) is 10.8 Å². The second-order valence-corrected chi connectivity index (χ2v) is 9.81. The van der Waals surface area contributed by atoms with Gasteiger partial charge in [-0.1, -0.05) is 77.8 Å². The van der Waals surface area contributed by atoms with Gasteiger partial charge in [-0.25, -0.2) is 0 Å². The molecule has 5 rings (SSSR count). The van der Waals surface area contributed by atoms with Crippen molar-refractivity contribution in [2.75, 3.05) is 0 Å². The molecular formula is C28H19Cl2NO3S. The van der Waals surface area contributed by atoms with Gasteiger partial charge in [-0.05, 0) is 70.1 Å². The van der Waals surface area contributed by atoms with Crippen molar-refractivity contribution in [3.63, 3.8) is 0 Å². The number of thioether (sulfide) groups is 1. The number of amides is 2. The Hall–Kier alpha value is -3.25. The standard InChI is InChI=1S/C28H19Cl2NO3S/c29-24-6-3-7-25(30)23(24)16-31-27(32)26(35-28(31)33)15-18-9-12-22(13-10-18)34-17-19-8-11-20-4-1-2-5-21(20)14-19/h1-15H,16-17H2/b26-15-. The molecular weight excluding hydrogens is 501 g/mol. The quantitative estimate of drug-likeness (QED) is 0.242. The first-order chi connectivity index (χ1) is 17.0. The van der Waals surface area contributed by atoms with Gasteiger partial charge in [0.25, 0.3) is 11.1 Å². The average molecular weight is 520 g/mol. The predicted octanol–water partition coefficient (Wildman–Crippen LogP) is 7.96. The first-order valence-corrected chi connectivity index (χ1v) is 12.4. The van der Waals surface area contributed by atoms with Gasteiger partial charge in [-0.3, -0.25) is 14.5 Å². The van der Waals surface area contributed by atoms with Crippen LogP contribution in [0.25, 0.3) is 16.8 Å². The molecule has 174 valence electrons. The molecule has 4 aromatic carbocycles. The van der Waals surface area contributed by atoms with Gasteiger partial charge in [-0.2, -0.15) is 0 Å². The number of fused-ring (bicyclic) bond motifs is 1. The van der Waals surface area contributed by atoms with E-state index in [0.29, 0.717) is 27.1 Å². The van der Waals surface area contributed by atoms with Crippen molar-refractivity contribution in [2.24, 2.45) is 0 Å². The van der Waals surface area contributed by atoms with Crippen LogP contribution in [0.4, 0.5) is 4.79 Å². The Morgan fingerprint density at radius 2 is 1.54 bits per heavy atom. The Kier molecular flexibility index (Phi) is 6.82. The molecule has 0 N–H and O–H groups in total. The van der Waals surface area contributed by atoms with Crippen LogP contribution < -0.4 is 4.74 Å². The topological polar surface area (TPSA) is 46.6 Å². The number of halogens is 2. The number of benzene rings is 4. The van der Waals surface area contributed by atoms with Crippen molar-refractivity contribution >= 4 is 63.0 Å². The van der Waals surface area contributed by atoms with Crippen LogP contribution in [-0.2, 0) is 17.9 Å². The van der Waals surface area contributed by atoms with Crippen LogP contribution >= 0.6 is 35.0 Å². The van der Waals surface area contributed by atoms with E-state index in [1.54, 1.807) is 24.3 Å². The number of imide groups is 1. The third-order valence-electron chi connectivity index (χ3n) is 5.65. The third-order valence-corrected chi connectivity index (χ3v) is 7.26. The fraction of sp³-hybridized carbons (Fsp3) is 0.0714. The van der Waals surface area contributed by atoms with Crippen molar-refractivity contribution in [1.29, 1.82) is 0 Å². The fourth-order valence-corrected chi connectivity index (χ4v) is 5.14. The normalized spacial score (nSPS) is 14.8. The SMILES string of the molecule is O=C1S/C(=C\c2ccc(OCc3ccc4ccccc4c3)cc2)C(=O)N1Cc1c(Cl)cccc1Cl. The zero-order chi connectivity index (χ0) is 24.4. The molecule has 1 aliphatic heterocycles. The van der Waals surface area contributed by atoms with E-state index in [0.717, 1.165) is 33.5 Å². The fourth-order valence-electron chi connectivity index (χ4n) is 3.78. The summed E-state index contributed by atoms with van der Waals surface area (Å²) in [6.07, 6.45) is 1.70. The molecule has 0 saturated carbocycles. The molecule has 1 heterocycles. The summed E-state index contributed by atoms with van der Waals surface area (Å²) in [7, 11) is 0. The maximum Gasteiger partial charge on any atom is 0.293 e. The van der Waals surface area contributed by atoms with E-state index in [-0.39, 0.29) is 17.7 Å². The molecule has 7 heteroatoms. The maximum absolute atomic E-state index is 12.9. The van der Waals surface area contributed by atoms with Gasteiger partial charge in [-0.15, -0.1) is 0 Å². The first kappa shape index (κ1) is 23.5. The van der Waals surface area contributed by atoms with E-state index < -0.39 is 0 Å². The van der Waals surface area contributed by atoms with Crippen molar-refractivity contribution in [3.8, 4) is 5.75 Å². The number of ether oxygens (including phenoxy) is 1. The van der Waals surface area contributed by atoms with E-state index in [4.69, 9.17) is 27.9 Å². The monoisotopic (exact) mass is 519 g/mol. The molecule has 1 aliphatic rings. The molecule has 35 heavy (non-hydrogen) atoms. The smallest absolute Gasteiger partial charge is 0.293 e. The predicted molar refractivity (Wildman–Crippen MR) is 143 cm³/mol. The van der Waals surface area contributed by atoms with Crippen LogP contribution in [0.5, 0.6) is 5.75 Å². The number of hydrogen-bond acceptors (Lipinski definition) is 4. The largest absolute Gasteiger partial charge is 0.489 e. The van der Waals surface area contributed by atoms with Crippen LogP contribution in [0.1, 0.15) is 16.7 Å². The first-order valence-electron chi connectivity index (χ1n) is 10.9. The van der Waals surface area contributed by atoms with Crippen LogP contribution in [0.15, 0.2) is 89.8 Å². The summed E-state index contributed by atoms with van der Waals surface area (Å²) in [6, 6.07) is 27.0. The molecule has 1 fully saturated rings. The number of rotatable bonds is 6. The minimum absolute atomic E-state index is 0.0298. The van der Waals surface area contributed by atoms with Crippen molar-refractivity contribution in [3.05, 3.63) is 117 Å². The summed E-state index contributed by atoms with van der Waals surface area (Å²) >= 11 is 13.3. The molecule has 0 aliphatic carbocycles. The van der Waals surface area contributed by atoms with E-state index >= 15 is 0 Å². The van der Waals surface area contributed by atoms with Gasteiger partial charge in [0.05, 0.1) is 11.4 Å². The van der Waals surface area contributed by atoms with Crippen molar-refractivity contribution in [2.45, 2.75) is 13.2 Å². The number of carbonyl (C=O) groups is 2. The van der Waals surface area contributed by atoms with Gasteiger partial charge in [0, 0.05) is 15.6 Å². The zero-order valence-corrected chi connectivity index (χ0v) is 20.7. The lowest BCUT2D eigenvalue weighted by molar-refractivity contribution is -0.123. The van der Waals surface area contributed by atoms with Crippen LogP contribution in [0.3, 0.4) is 0 Å². The molecule has 1 saturated heterocycles. The minimum Gasteiger partial charge on any atom is -0.489 e. The molecule has 0 radical (unpaired) electrons. The lowest BCUT2D eigenvalue weighted by Crippen LogP contribution is -2.27. The van der Waals surface area contributed by atoms with Gasteiger partial charge < -0.3 is 4.74 Å². The number of carbonyl (C=O) groups excluding carboxylic acids is 2.